The first-order valence-corrected chi connectivity index (χ1v) is 14.6. The van der Waals surface area contributed by atoms with Crippen molar-refractivity contribution in [1.82, 2.24) is 9.47 Å². The lowest BCUT2D eigenvalue weighted by Gasteiger charge is -2.17. The average Bonchev–Trinajstić information content (AvgIpc) is 3.47. The topological polar surface area (TPSA) is 42.3 Å². The van der Waals surface area contributed by atoms with Crippen molar-refractivity contribution < 1.29 is 35.9 Å². The van der Waals surface area contributed by atoms with Gasteiger partial charge in [-0.15, -0.1) is 0 Å². The number of amides is 2. The summed E-state index contributed by atoms with van der Waals surface area (Å²) in [5.41, 5.74) is 1.85. The van der Waals surface area contributed by atoms with Gasteiger partial charge in [-0.2, -0.15) is 26.3 Å². The van der Waals surface area contributed by atoms with Crippen LogP contribution in [0.3, 0.4) is 0 Å². The van der Waals surface area contributed by atoms with E-state index in [4.69, 9.17) is 0 Å². The highest BCUT2D eigenvalue weighted by Crippen LogP contribution is 2.48. The van der Waals surface area contributed by atoms with E-state index in [1.807, 2.05) is 38.1 Å². The molecule has 0 N–H and O–H groups in total. The van der Waals surface area contributed by atoms with Gasteiger partial charge in [-0.25, -0.2) is 0 Å². The fraction of sp³-hybridized carbons (Fsp3) is 0.135. The molecule has 6 aromatic rings. The highest BCUT2D eigenvalue weighted by atomic mass is 19.4. The summed E-state index contributed by atoms with van der Waals surface area (Å²) in [6, 6.07) is 22.4. The van der Waals surface area contributed by atoms with E-state index < -0.39 is 40.9 Å². The first kappa shape index (κ1) is 30.3. The molecule has 0 spiro atoms. The second kappa shape index (κ2) is 10.3. The number of hydrogen-bond acceptors (Lipinski definition) is 2. The summed E-state index contributed by atoms with van der Waals surface area (Å²) in [7, 11) is 1.37. The van der Waals surface area contributed by atoms with Gasteiger partial charge in [0.05, 0.1) is 39.0 Å². The van der Waals surface area contributed by atoms with Crippen LogP contribution in [0.2, 0.25) is 0 Å². The molecule has 2 heterocycles. The predicted octanol–water partition coefficient (Wildman–Crippen LogP) is 10.00. The molecular formula is C37H24F6N2O2. The second-order valence-electron chi connectivity index (χ2n) is 11.7. The monoisotopic (exact) mass is 642 g/mol. The largest absolute Gasteiger partial charge is 0.417 e. The van der Waals surface area contributed by atoms with Gasteiger partial charge in [-0.1, -0.05) is 60.2 Å². The molecule has 47 heavy (non-hydrogen) atoms. The summed E-state index contributed by atoms with van der Waals surface area (Å²) in [6.45, 7) is 3.86. The molecule has 1 aliphatic heterocycles. The molecule has 0 atom stereocenters. The SMILES string of the molecule is Cc1ccc(-c2cccc3c2c2c(-c4ccc(C(F)(F)F)cc4C(F)(F)F)cccc2n3-c2cccc3c2C(=O)N(C)C3=O)c(C)c1. The summed E-state index contributed by atoms with van der Waals surface area (Å²) in [5, 5.41) is 0.895. The molecule has 0 bridgehead atoms. The van der Waals surface area contributed by atoms with Crippen molar-refractivity contribution in [3.63, 3.8) is 0 Å². The van der Waals surface area contributed by atoms with Crippen LogP contribution < -0.4 is 0 Å². The van der Waals surface area contributed by atoms with Crippen LogP contribution in [0, 0.1) is 13.8 Å². The zero-order valence-corrected chi connectivity index (χ0v) is 25.1. The molecule has 236 valence electrons. The Labute approximate surface area is 264 Å². The van der Waals surface area contributed by atoms with Gasteiger partial charge in [-0.05, 0) is 78.1 Å². The van der Waals surface area contributed by atoms with E-state index in [1.54, 1.807) is 41.0 Å². The van der Waals surface area contributed by atoms with Crippen molar-refractivity contribution in [2.24, 2.45) is 0 Å². The number of hydrogen-bond donors (Lipinski definition) is 0. The molecule has 1 aliphatic rings. The first-order chi connectivity index (χ1) is 22.2. The van der Waals surface area contributed by atoms with Crippen LogP contribution >= 0.6 is 0 Å². The average molecular weight is 643 g/mol. The molecule has 0 saturated carbocycles. The number of halogens is 6. The molecule has 2 amide bonds. The molecule has 1 aromatic heterocycles. The standard InChI is InChI=1S/C37H24F6N2O2/c1-19-13-15-22(20(2)17-19)24-7-4-10-28-31(24)32-25(23-16-14-21(36(38,39)40)18-27(23)37(41,42)43)8-5-11-29(32)45(28)30-12-6-9-26-33(30)35(47)44(3)34(26)46/h4-18H,1-3H3. The number of imide groups is 1. The molecule has 0 fully saturated rings. The summed E-state index contributed by atoms with van der Waals surface area (Å²) in [4.78, 5) is 27.3. The fourth-order valence-electron chi connectivity index (χ4n) is 6.69. The lowest BCUT2D eigenvalue weighted by atomic mass is 9.90. The third-order valence-corrected chi connectivity index (χ3v) is 8.77. The number of carbonyl (C=O) groups excluding carboxylic acids is 2. The Morgan fingerprint density at radius 1 is 0.574 bits per heavy atom. The molecular weight excluding hydrogens is 618 g/mol. The predicted molar refractivity (Wildman–Crippen MR) is 168 cm³/mol. The zero-order valence-electron chi connectivity index (χ0n) is 25.1. The van der Waals surface area contributed by atoms with Gasteiger partial charge in [0.1, 0.15) is 0 Å². The Bertz CT molecular complexity index is 2310. The molecule has 0 radical (unpaired) electrons. The summed E-state index contributed by atoms with van der Waals surface area (Å²) < 4.78 is 86.2. The highest BCUT2D eigenvalue weighted by molar-refractivity contribution is 6.25. The Morgan fingerprint density at radius 3 is 1.74 bits per heavy atom. The van der Waals surface area contributed by atoms with Gasteiger partial charge in [0, 0.05) is 17.8 Å². The number of rotatable bonds is 3. The number of fused-ring (bicyclic) bond motifs is 4. The Morgan fingerprint density at radius 2 is 1.15 bits per heavy atom. The fourth-order valence-corrected chi connectivity index (χ4v) is 6.69. The van der Waals surface area contributed by atoms with E-state index in [-0.39, 0.29) is 22.8 Å². The third-order valence-electron chi connectivity index (χ3n) is 8.77. The number of aryl methyl sites for hydroxylation is 2. The van der Waals surface area contributed by atoms with Crippen molar-refractivity contribution in [3.8, 4) is 27.9 Å². The maximum absolute atomic E-state index is 14.5. The zero-order chi connectivity index (χ0) is 33.6. The Kier molecular flexibility index (Phi) is 6.65. The van der Waals surface area contributed by atoms with Gasteiger partial charge in [0.2, 0.25) is 0 Å². The van der Waals surface area contributed by atoms with Crippen LogP contribution in [0.5, 0.6) is 0 Å². The van der Waals surface area contributed by atoms with Crippen molar-refractivity contribution in [3.05, 3.63) is 124 Å². The van der Waals surface area contributed by atoms with Crippen molar-refractivity contribution in [1.29, 1.82) is 0 Å². The van der Waals surface area contributed by atoms with Gasteiger partial charge in [0.25, 0.3) is 11.8 Å². The van der Waals surface area contributed by atoms with Crippen LogP contribution in [0.4, 0.5) is 26.3 Å². The van der Waals surface area contributed by atoms with Crippen LogP contribution in [-0.4, -0.2) is 28.3 Å². The lowest BCUT2D eigenvalue weighted by molar-refractivity contribution is -0.142. The highest BCUT2D eigenvalue weighted by Gasteiger charge is 2.40. The summed E-state index contributed by atoms with van der Waals surface area (Å²) >= 11 is 0. The van der Waals surface area contributed by atoms with Crippen LogP contribution in [0.25, 0.3) is 49.7 Å². The summed E-state index contributed by atoms with van der Waals surface area (Å²) in [6.07, 6.45) is -10.1. The maximum Gasteiger partial charge on any atom is 0.417 e. The normalized spacial score (nSPS) is 13.7. The number of alkyl halides is 6. The Hall–Kier alpha value is -5.38. The number of carbonyl (C=O) groups is 2. The maximum atomic E-state index is 14.5. The van der Waals surface area contributed by atoms with E-state index in [1.165, 1.54) is 19.2 Å². The van der Waals surface area contributed by atoms with Gasteiger partial charge in [0.15, 0.2) is 0 Å². The minimum atomic E-state index is -5.11. The van der Waals surface area contributed by atoms with Crippen LogP contribution in [-0.2, 0) is 12.4 Å². The number of benzene rings is 5. The summed E-state index contributed by atoms with van der Waals surface area (Å²) in [5.74, 6) is -1.01. The van der Waals surface area contributed by atoms with Gasteiger partial charge >= 0.3 is 12.4 Å². The van der Waals surface area contributed by atoms with E-state index in [9.17, 15) is 35.9 Å². The molecule has 0 unspecified atom stereocenters. The van der Waals surface area contributed by atoms with Crippen LogP contribution in [0.1, 0.15) is 43.0 Å². The molecule has 5 aromatic carbocycles. The molecule has 10 heteroatoms. The second-order valence-corrected chi connectivity index (χ2v) is 11.7. The molecule has 0 saturated heterocycles. The van der Waals surface area contributed by atoms with Crippen molar-refractivity contribution >= 4 is 33.6 Å². The van der Waals surface area contributed by atoms with E-state index in [0.717, 1.165) is 27.7 Å². The van der Waals surface area contributed by atoms with Crippen LogP contribution in [0.15, 0.2) is 91.0 Å². The number of aromatic nitrogens is 1. The third kappa shape index (κ3) is 4.61. The van der Waals surface area contributed by atoms with Gasteiger partial charge < -0.3 is 4.57 Å². The minimum absolute atomic E-state index is 0.0663. The van der Waals surface area contributed by atoms with E-state index >= 15 is 0 Å². The molecule has 4 nitrogen and oxygen atoms in total. The molecule has 0 aliphatic carbocycles. The van der Waals surface area contributed by atoms with E-state index in [2.05, 4.69) is 0 Å². The smallest absolute Gasteiger partial charge is 0.308 e. The molecule has 7 rings (SSSR count). The van der Waals surface area contributed by atoms with E-state index in [0.29, 0.717) is 39.1 Å². The quantitative estimate of drug-likeness (QED) is 0.142. The number of nitrogens with zero attached hydrogens (tertiary/aromatic N) is 2. The minimum Gasteiger partial charge on any atom is -0.308 e. The van der Waals surface area contributed by atoms with Crippen molar-refractivity contribution in [2.75, 3.05) is 7.05 Å². The first-order valence-electron chi connectivity index (χ1n) is 14.6. The van der Waals surface area contributed by atoms with Gasteiger partial charge in [-0.3, -0.25) is 14.5 Å². The lowest BCUT2D eigenvalue weighted by Crippen LogP contribution is -2.24. The Balaban J connectivity index is 1.67. The van der Waals surface area contributed by atoms with Crippen molar-refractivity contribution in [2.45, 2.75) is 26.2 Å².